The molecule has 2 fully saturated rings. The molecule has 3 aliphatic heterocycles. The summed E-state index contributed by atoms with van der Waals surface area (Å²) in [4.78, 5) is 25.8. The van der Waals surface area contributed by atoms with Crippen LogP contribution in [-0.2, 0) is 11.2 Å². The van der Waals surface area contributed by atoms with Gasteiger partial charge in [0.25, 0.3) is 0 Å². The van der Waals surface area contributed by atoms with Crippen molar-refractivity contribution in [2.45, 2.75) is 12.8 Å². The van der Waals surface area contributed by atoms with Gasteiger partial charge in [-0.25, -0.2) is 4.98 Å². The van der Waals surface area contributed by atoms with Crippen molar-refractivity contribution in [3.63, 3.8) is 0 Å². The number of aryl methyl sites for hydroxylation is 1. The van der Waals surface area contributed by atoms with Crippen molar-refractivity contribution in [1.29, 1.82) is 0 Å². The minimum atomic E-state index is 0.0940. The Morgan fingerprint density at radius 1 is 1.17 bits per heavy atom. The zero-order chi connectivity index (χ0) is 19.8. The smallest absolute Gasteiger partial charge is 0.246 e. The van der Waals surface area contributed by atoms with Gasteiger partial charge in [-0.2, -0.15) is 0 Å². The maximum Gasteiger partial charge on any atom is 0.246 e. The van der Waals surface area contributed by atoms with Gasteiger partial charge in [0.05, 0.1) is 11.9 Å². The lowest BCUT2D eigenvalue weighted by atomic mass is 10.0. The molecule has 0 saturated carbocycles. The topological polar surface area (TPSA) is 61.4 Å². The van der Waals surface area contributed by atoms with Gasteiger partial charge in [0.15, 0.2) is 0 Å². The van der Waals surface area contributed by atoms with Crippen LogP contribution in [0.1, 0.15) is 17.5 Å². The monoisotopic (exact) mass is 387 g/mol. The third kappa shape index (κ3) is 3.62. The van der Waals surface area contributed by atoms with Crippen LogP contribution in [0, 0.1) is 11.8 Å². The fourth-order valence-corrected chi connectivity index (χ4v) is 4.64. The van der Waals surface area contributed by atoms with Crippen LogP contribution in [0.25, 0.3) is 6.08 Å². The van der Waals surface area contributed by atoms with Crippen LogP contribution in [-0.4, -0.2) is 47.0 Å². The van der Waals surface area contributed by atoms with Crippen LogP contribution < -0.4 is 10.2 Å². The molecule has 2 saturated heterocycles. The van der Waals surface area contributed by atoms with Crippen LogP contribution in [0.2, 0.25) is 0 Å². The van der Waals surface area contributed by atoms with Gasteiger partial charge in [-0.3, -0.25) is 9.78 Å². The highest BCUT2D eigenvalue weighted by molar-refractivity contribution is 5.92. The van der Waals surface area contributed by atoms with Gasteiger partial charge < -0.3 is 15.1 Å². The summed E-state index contributed by atoms with van der Waals surface area (Å²) in [6, 6.07) is 6.19. The molecule has 0 spiro atoms. The molecular formula is C23H25N5O. The first-order valence-corrected chi connectivity index (χ1v) is 10.2. The van der Waals surface area contributed by atoms with E-state index in [-0.39, 0.29) is 5.91 Å². The molecule has 2 aromatic rings. The number of nitrogens with one attached hydrogen (secondary N) is 1. The highest BCUT2D eigenvalue weighted by atomic mass is 16.2. The van der Waals surface area contributed by atoms with E-state index in [2.05, 4.69) is 38.9 Å². The third-order valence-electron chi connectivity index (χ3n) is 6.21. The fourth-order valence-electron chi connectivity index (χ4n) is 4.64. The number of anilines is 2. The van der Waals surface area contributed by atoms with Gasteiger partial charge in [0, 0.05) is 62.2 Å². The van der Waals surface area contributed by atoms with Crippen LogP contribution in [0.5, 0.6) is 0 Å². The maximum atomic E-state index is 12.7. The summed E-state index contributed by atoms with van der Waals surface area (Å²) in [5, 5.41) is 3.22. The Labute approximate surface area is 171 Å². The van der Waals surface area contributed by atoms with E-state index in [0.717, 1.165) is 56.1 Å². The number of carbonyl (C=O) groups is 1. The lowest BCUT2D eigenvalue weighted by Crippen LogP contribution is -2.32. The lowest BCUT2D eigenvalue weighted by molar-refractivity contribution is -0.125. The minimum absolute atomic E-state index is 0.0940. The summed E-state index contributed by atoms with van der Waals surface area (Å²) in [5.74, 6) is 2.06. The molecule has 1 amide bonds. The van der Waals surface area contributed by atoms with E-state index in [9.17, 15) is 4.79 Å². The highest BCUT2D eigenvalue weighted by Gasteiger charge is 2.41. The summed E-state index contributed by atoms with van der Waals surface area (Å²) in [7, 11) is 0. The Hall–Kier alpha value is -3.15. The average molecular weight is 387 g/mol. The summed E-state index contributed by atoms with van der Waals surface area (Å²) in [5.41, 5.74) is 4.33. The van der Waals surface area contributed by atoms with Crippen molar-refractivity contribution in [1.82, 2.24) is 14.9 Å². The van der Waals surface area contributed by atoms with Gasteiger partial charge in [0.2, 0.25) is 5.91 Å². The standard InChI is InChI=1S/C23H25N5O/c1-16-4-6-18-9-17(10-25-23(18)26-16)5-7-22(29)28-14-19-12-27(13-20(19)15-28)21-3-2-8-24-11-21/h2-3,5,7-11,19-20H,1,4,6,12-15H2,(H,25,26)/b7-5+/t19-,20+. The summed E-state index contributed by atoms with van der Waals surface area (Å²) >= 11 is 0. The molecule has 5 rings (SSSR count). The van der Waals surface area contributed by atoms with Crippen molar-refractivity contribution < 1.29 is 4.79 Å². The Morgan fingerprint density at radius 3 is 2.76 bits per heavy atom. The number of pyridine rings is 2. The van der Waals surface area contributed by atoms with Gasteiger partial charge in [-0.1, -0.05) is 6.58 Å². The Kier molecular flexibility index (Phi) is 4.54. The zero-order valence-electron chi connectivity index (χ0n) is 16.4. The number of rotatable bonds is 3. The lowest BCUT2D eigenvalue weighted by Gasteiger charge is -2.22. The van der Waals surface area contributed by atoms with E-state index in [1.165, 1.54) is 11.3 Å². The Morgan fingerprint density at radius 2 is 2.00 bits per heavy atom. The first kappa shape index (κ1) is 17.9. The molecule has 5 heterocycles. The van der Waals surface area contributed by atoms with Crippen LogP contribution in [0.15, 0.2) is 55.1 Å². The van der Waals surface area contributed by atoms with E-state index in [1.54, 1.807) is 18.5 Å². The number of likely N-dealkylation sites (tertiary alicyclic amines) is 1. The molecule has 2 atom stereocenters. The van der Waals surface area contributed by atoms with Gasteiger partial charge in [-0.15, -0.1) is 0 Å². The molecule has 0 unspecified atom stereocenters. The first-order chi connectivity index (χ1) is 14.2. The molecule has 6 nitrogen and oxygen atoms in total. The number of fused-ring (bicyclic) bond motifs is 2. The zero-order valence-corrected chi connectivity index (χ0v) is 16.4. The number of allylic oxidation sites excluding steroid dienone is 1. The number of amides is 1. The van der Waals surface area contributed by atoms with Gasteiger partial charge in [-0.05, 0) is 48.2 Å². The molecule has 3 aliphatic rings. The van der Waals surface area contributed by atoms with Crippen LogP contribution >= 0.6 is 0 Å². The largest absolute Gasteiger partial charge is 0.370 e. The normalized spacial score (nSPS) is 23.2. The molecule has 0 aliphatic carbocycles. The second kappa shape index (κ2) is 7.35. The molecule has 2 aromatic heterocycles. The van der Waals surface area contributed by atoms with Gasteiger partial charge >= 0.3 is 0 Å². The molecule has 1 N–H and O–H groups in total. The first-order valence-electron chi connectivity index (χ1n) is 10.2. The SMILES string of the molecule is C=C1CCc2cc(/C=C/C(=O)N3C[C@@H]4CN(c5cccnc5)C[C@@H]4C3)cnc2N1. The van der Waals surface area contributed by atoms with E-state index in [4.69, 9.17) is 0 Å². The van der Waals surface area contributed by atoms with E-state index in [1.807, 2.05) is 23.2 Å². The highest BCUT2D eigenvalue weighted by Crippen LogP contribution is 2.33. The molecule has 0 radical (unpaired) electrons. The van der Waals surface area contributed by atoms with E-state index < -0.39 is 0 Å². The summed E-state index contributed by atoms with van der Waals surface area (Å²) < 4.78 is 0. The van der Waals surface area contributed by atoms with Crippen LogP contribution in [0.4, 0.5) is 11.5 Å². The van der Waals surface area contributed by atoms with Crippen molar-refractivity contribution in [2.75, 3.05) is 36.4 Å². The quantitative estimate of drug-likeness (QED) is 0.821. The number of hydrogen-bond acceptors (Lipinski definition) is 5. The van der Waals surface area contributed by atoms with E-state index >= 15 is 0 Å². The predicted molar refractivity (Wildman–Crippen MR) is 114 cm³/mol. The number of nitrogens with zero attached hydrogens (tertiary/aromatic N) is 4. The van der Waals surface area contributed by atoms with Crippen molar-refractivity contribution in [3.05, 3.63) is 66.3 Å². The Balaban J connectivity index is 1.19. The molecule has 0 aromatic carbocycles. The minimum Gasteiger partial charge on any atom is -0.370 e. The molecule has 148 valence electrons. The van der Waals surface area contributed by atoms with Crippen molar-refractivity contribution in [2.24, 2.45) is 11.8 Å². The predicted octanol–water partition coefficient (Wildman–Crippen LogP) is 2.96. The van der Waals surface area contributed by atoms with Crippen LogP contribution in [0.3, 0.4) is 0 Å². The van der Waals surface area contributed by atoms with Crippen molar-refractivity contribution in [3.8, 4) is 0 Å². The number of hydrogen-bond donors (Lipinski definition) is 1. The summed E-state index contributed by atoms with van der Waals surface area (Å²) in [6.07, 6.45) is 11.0. The average Bonchev–Trinajstić information content (AvgIpc) is 3.32. The Bertz CT molecular complexity index is 956. The second-order valence-electron chi connectivity index (χ2n) is 8.22. The van der Waals surface area contributed by atoms with E-state index in [0.29, 0.717) is 11.8 Å². The second-order valence-corrected chi connectivity index (χ2v) is 8.22. The molecule has 29 heavy (non-hydrogen) atoms. The third-order valence-corrected chi connectivity index (χ3v) is 6.21. The maximum absolute atomic E-state index is 12.7. The molecule has 0 bridgehead atoms. The number of aromatic nitrogens is 2. The van der Waals surface area contributed by atoms with Gasteiger partial charge in [0.1, 0.15) is 5.82 Å². The fraction of sp³-hybridized carbons (Fsp3) is 0.348. The summed E-state index contributed by atoms with van der Waals surface area (Å²) in [6.45, 7) is 7.62. The number of carbonyl (C=O) groups excluding carboxylic acids is 1. The molecule has 6 heteroatoms. The van der Waals surface area contributed by atoms with Crippen molar-refractivity contribution >= 4 is 23.5 Å². The molecular weight excluding hydrogens is 362 g/mol.